The summed E-state index contributed by atoms with van der Waals surface area (Å²) in [5.41, 5.74) is 6.14. The van der Waals surface area contributed by atoms with Gasteiger partial charge in [0.1, 0.15) is 11.4 Å². The van der Waals surface area contributed by atoms with Gasteiger partial charge in [0.25, 0.3) is 0 Å². The van der Waals surface area contributed by atoms with Gasteiger partial charge in [-0.05, 0) is 60.8 Å². The molecule has 0 saturated heterocycles. The Hall–Kier alpha value is -1.14. The van der Waals surface area contributed by atoms with Crippen LogP contribution in [0.1, 0.15) is 26.3 Å². The van der Waals surface area contributed by atoms with E-state index in [1.165, 1.54) is 6.07 Å². The lowest BCUT2D eigenvalue weighted by atomic mass is 10.1. The van der Waals surface area contributed by atoms with E-state index >= 15 is 0 Å². The molecule has 0 heterocycles. The topological polar surface area (TPSA) is 64.3 Å². The van der Waals surface area contributed by atoms with E-state index in [0.717, 1.165) is 5.56 Å². The Morgan fingerprint density at radius 3 is 2.70 bits per heavy atom. The third-order valence-corrected chi connectivity index (χ3v) is 3.03. The highest BCUT2D eigenvalue weighted by Crippen LogP contribution is 2.17. The quantitative estimate of drug-likeness (QED) is 0.880. The van der Waals surface area contributed by atoms with Gasteiger partial charge in [-0.2, -0.15) is 0 Å². The molecule has 0 aliphatic rings. The van der Waals surface area contributed by atoms with Gasteiger partial charge in [0.2, 0.25) is 0 Å². The molecule has 112 valence electrons. The van der Waals surface area contributed by atoms with Crippen LogP contribution in [0.4, 0.5) is 9.18 Å². The van der Waals surface area contributed by atoms with Crippen LogP contribution < -0.4 is 11.1 Å². The molecule has 0 radical (unpaired) electrons. The van der Waals surface area contributed by atoms with Crippen molar-refractivity contribution in [1.82, 2.24) is 5.32 Å². The molecule has 0 bridgehead atoms. The van der Waals surface area contributed by atoms with Crippen molar-refractivity contribution < 1.29 is 13.9 Å². The summed E-state index contributed by atoms with van der Waals surface area (Å²) >= 11 is 3.09. The number of alkyl carbamates (subject to hydrolysis) is 1. The zero-order chi connectivity index (χ0) is 15.3. The first-order chi connectivity index (χ1) is 9.17. The summed E-state index contributed by atoms with van der Waals surface area (Å²) in [7, 11) is 0. The highest BCUT2D eigenvalue weighted by molar-refractivity contribution is 9.10. The van der Waals surface area contributed by atoms with E-state index in [1.807, 2.05) is 0 Å². The van der Waals surface area contributed by atoms with Crippen molar-refractivity contribution in [1.29, 1.82) is 0 Å². The second kappa shape index (κ2) is 7.04. The maximum Gasteiger partial charge on any atom is 0.407 e. The second-order valence-corrected chi connectivity index (χ2v) is 6.45. The van der Waals surface area contributed by atoms with Gasteiger partial charge in [-0.3, -0.25) is 0 Å². The average Bonchev–Trinajstić information content (AvgIpc) is 2.29. The van der Waals surface area contributed by atoms with Crippen LogP contribution in [-0.4, -0.2) is 24.3 Å². The standard InChI is InChI=1S/C14H20BrFN2O2/c1-14(2,3)20-13(19)18-8-10(17)6-9-4-5-11(15)12(16)7-9/h4-5,7,10H,6,8,17H2,1-3H3,(H,18,19). The molecule has 1 atom stereocenters. The number of hydrogen-bond donors (Lipinski definition) is 2. The first kappa shape index (κ1) is 16.9. The average molecular weight is 347 g/mol. The van der Waals surface area contributed by atoms with Gasteiger partial charge >= 0.3 is 6.09 Å². The lowest BCUT2D eigenvalue weighted by Gasteiger charge is -2.20. The van der Waals surface area contributed by atoms with Gasteiger partial charge in [0, 0.05) is 12.6 Å². The fraction of sp³-hybridized carbons (Fsp3) is 0.500. The summed E-state index contributed by atoms with van der Waals surface area (Å²) in [5, 5.41) is 2.60. The van der Waals surface area contributed by atoms with Crippen molar-refractivity contribution in [2.45, 2.75) is 38.8 Å². The van der Waals surface area contributed by atoms with Crippen molar-refractivity contribution >= 4 is 22.0 Å². The van der Waals surface area contributed by atoms with E-state index in [0.29, 0.717) is 10.9 Å². The molecule has 1 amide bonds. The van der Waals surface area contributed by atoms with E-state index in [1.54, 1.807) is 32.9 Å². The van der Waals surface area contributed by atoms with Gasteiger partial charge in [0.15, 0.2) is 0 Å². The molecule has 0 spiro atoms. The third kappa shape index (κ3) is 6.34. The molecule has 0 aliphatic carbocycles. The SMILES string of the molecule is CC(C)(C)OC(=O)NCC(N)Cc1ccc(Br)c(F)c1. The smallest absolute Gasteiger partial charge is 0.407 e. The number of benzene rings is 1. The second-order valence-electron chi connectivity index (χ2n) is 5.60. The molecule has 6 heteroatoms. The Kier molecular flexibility index (Phi) is 5.95. The minimum absolute atomic E-state index is 0.270. The number of ether oxygens (including phenoxy) is 1. The predicted octanol–water partition coefficient (Wildman–Crippen LogP) is 2.98. The van der Waals surface area contributed by atoms with E-state index in [-0.39, 0.29) is 18.4 Å². The maximum atomic E-state index is 13.4. The highest BCUT2D eigenvalue weighted by atomic mass is 79.9. The fourth-order valence-corrected chi connectivity index (χ4v) is 1.82. The first-order valence-corrected chi connectivity index (χ1v) is 7.13. The number of nitrogens with one attached hydrogen (secondary N) is 1. The summed E-state index contributed by atoms with van der Waals surface area (Å²) < 4.78 is 18.9. The van der Waals surface area contributed by atoms with Gasteiger partial charge in [-0.25, -0.2) is 9.18 Å². The van der Waals surface area contributed by atoms with Gasteiger partial charge in [-0.1, -0.05) is 6.07 Å². The minimum atomic E-state index is -0.539. The summed E-state index contributed by atoms with van der Waals surface area (Å²) in [4.78, 5) is 11.5. The normalized spacial score (nSPS) is 12.9. The zero-order valence-corrected chi connectivity index (χ0v) is 13.5. The maximum absolute atomic E-state index is 13.4. The molecule has 0 saturated carbocycles. The molecule has 0 aromatic heterocycles. The Bertz CT molecular complexity index is 475. The van der Waals surface area contributed by atoms with Gasteiger partial charge in [0.05, 0.1) is 4.47 Å². The molecule has 3 N–H and O–H groups in total. The lowest BCUT2D eigenvalue weighted by molar-refractivity contribution is 0.0524. The van der Waals surface area contributed by atoms with Crippen LogP contribution in [0.25, 0.3) is 0 Å². The first-order valence-electron chi connectivity index (χ1n) is 6.34. The number of hydrogen-bond acceptors (Lipinski definition) is 3. The molecule has 1 rings (SSSR count). The third-order valence-electron chi connectivity index (χ3n) is 2.39. The van der Waals surface area contributed by atoms with Crippen LogP contribution in [0.2, 0.25) is 0 Å². The van der Waals surface area contributed by atoms with Crippen LogP contribution >= 0.6 is 15.9 Å². The molecule has 1 aromatic carbocycles. The molecule has 0 aliphatic heterocycles. The van der Waals surface area contributed by atoms with Gasteiger partial charge < -0.3 is 15.8 Å². The Morgan fingerprint density at radius 2 is 2.15 bits per heavy atom. The highest BCUT2D eigenvalue weighted by Gasteiger charge is 2.16. The molecular formula is C14H20BrFN2O2. The van der Waals surface area contributed by atoms with Crippen LogP contribution in [0.15, 0.2) is 22.7 Å². The Balaban J connectivity index is 2.42. The minimum Gasteiger partial charge on any atom is -0.444 e. The summed E-state index contributed by atoms with van der Waals surface area (Å²) in [5.74, 6) is -0.324. The van der Waals surface area contributed by atoms with Crippen LogP contribution in [0, 0.1) is 5.82 Å². The van der Waals surface area contributed by atoms with E-state index in [9.17, 15) is 9.18 Å². The van der Waals surface area contributed by atoms with Crippen molar-refractivity contribution in [2.24, 2.45) is 5.73 Å². The van der Waals surface area contributed by atoms with Crippen molar-refractivity contribution in [3.63, 3.8) is 0 Å². The largest absolute Gasteiger partial charge is 0.444 e. The van der Waals surface area contributed by atoms with E-state index in [4.69, 9.17) is 10.5 Å². The molecule has 1 aromatic rings. The van der Waals surface area contributed by atoms with Crippen molar-refractivity contribution in [2.75, 3.05) is 6.54 Å². The Morgan fingerprint density at radius 1 is 1.50 bits per heavy atom. The molecule has 1 unspecified atom stereocenters. The lowest BCUT2D eigenvalue weighted by Crippen LogP contribution is -2.41. The van der Waals surface area contributed by atoms with Crippen LogP contribution in [0.3, 0.4) is 0 Å². The molecule has 4 nitrogen and oxygen atoms in total. The number of carbonyl (C=O) groups excluding carboxylic acids is 1. The van der Waals surface area contributed by atoms with E-state index < -0.39 is 11.7 Å². The number of rotatable bonds is 4. The zero-order valence-electron chi connectivity index (χ0n) is 11.9. The number of halogens is 2. The van der Waals surface area contributed by atoms with Crippen molar-refractivity contribution in [3.05, 3.63) is 34.1 Å². The Labute approximate surface area is 127 Å². The van der Waals surface area contributed by atoms with Crippen LogP contribution in [-0.2, 0) is 11.2 Å². The van der Waals surface area contributed by atoms with Gasteiger partial charge in [-0.15, -0.1) is 0 Å². The molecule has 20 heavy (non-hydrogen) atoms. The van der Waals surface area contributed by atoms with Crippen LogP contribution in [0.5, 0.6) is 0 Å². The summed E-state index contributed by atoms with van der Waals surface area (Å²) in [6, 6.07) is 4.56. The fourth-order valence-electron chi connectivity index (χ4n) is 1.57. The molecular weight excluding hydrogens is 327 g/mol. The predicted molar refractivity (Wildman–Crippen MR) is 80.0 cm³/mol. The van der Waals surface area contributed by atoms with Crippen molar-refractivity contribution in [3.8, 4) is 0 Å². The number of nitrogens with two attached hydrogens (primary N) is 1. The summed E-state index contributed by atoms with van der Waals surface area (Å²) in [6.07, 6.45) is -0.0325. The number of carbonyl (C=O) groups is 1. The molecule has 0 fully saturated rings. The summed E-state index contributed by atoms with van der Waals surface area (Å²) in [6.45, 7) is 5.64. The number of amides is 1. The van der Waals surface area contributed by atoms with E-state index in [2.05, 4.69) is 21.2 Å². The monoisotopic (exact) mass is 346 g/mol.